The molecular weight excluding hydrogens is 364 g/mol. The number of piperidine rings is 2. The molecule has 1 aromatic carbocycles. The van der Waals surface area contributed by atoms with Crippen LogP contribution in [0.15, 0.2) is 23.1 Å². The lowest BCUT2D eigenvalue weighted by atomic mass is 10.1. The number of rotatable bonds is 6. The van der Waals surface area contributed by atoms with Crippen molar-refractivity contribution in [1.29, 1.82) is 0 Å². The number of nitrogens with zero attached hydrogens (tertiary/aromatic N) is 2. The fourth-order valence-electron chi connectivity index (χ4n) is 3.79. The van der Waals surface area contributed by atoms with Crippen molar-refractivity contribution in [3.63, 3.8) is 0 Å². The van der Waals surface area contributed by atoms with Crippen LogP contribution in [0.5, 0.6) is 0 Å². The largest absolute Gasteiger partial charge is 0.370 e. The third-order valence-corrected chi connectivity index (χ3v) is 7.21. The van der Waals surface area contributed by atoms with E-state index in [1.54, 1.807) is 22.5 Å². The van der Waals surface area contributed by atoms with Gasteiger partial charge in [-0.2, -0.15) is 4.31 Å². The summed E-state index contributed by atoms with van der Waals surface area (Å²) >= 11 is 0. The Morgan fingerprint density at radius 1 is 1.00 bits per heavy atom. The van der Waals surface area contributed by atoms with Crippen LogP contribution in [0.3, 0.4) is 0 Å². The van der Waals surface area contributed by atoms with E-state index in [9.17, 15) is 13.2 Å². The maximum Gasteiger partial charge on any atom is 0.251 e. The topological polar surface area (TPSA) is 95.7 Å². The second-order valence-corrected chi connectivity index (χ2v) is 9.15. The molecule has 1 aromatic rings. The van der Waals surface area contributed by atoms with Gasteiger partial charge >= 0.3 is 0 Å². The first-order chi connectivity index (χ1) is 13.0. The summed E-state index contributed by atoms with van der Waals surface area (Å²) in [4.78, 5) is 14.8. The molecular formula is C19H30N4O3S. The highest BCUT2D eigenvalue weighted by Crippen LogP contribution is 2.32. The first-order valence-electron chi connectivity index (χ1n) is 9.91. The molecule has 0 bridgehead atoms. The Balaban J connectivity index is 1.99. The Bertz CT molecular complexity index is 754. The molecule has 0 aromatic heterocycles. The molecule has 7 nitrogen and oxygen atoms in total. The molecule has 2 aliphatic rings. The second-order valence-electron chi connectivity index (χ2n) is 7.24. The Hall–Kier alpha value is -1.64. The molecule has 1 amide bonds. The Labute approximate surface area is 161 Å². The van der Waals surface area contributed by atoms with Crippen molar-refractivity contribution in [2.45, 2.75) is 43.4 Å². The van der Waals surface area contributed by atoms with E-state index in [0.29, 0.717) is 31.7 Å². The molecule has 0 saturated carbocycles. The quantitative estimate of drug-likeness (QED) is 0.763. The van der Waals surface area contributed by atoms with Crippen LogP contribution in [0.1, 0.15) is 48.9 Å². The number of benzene rings is 1. The molecule has 3 N–H and O–H groups in total. The number of nitrogens with two attached hydrogens (primary N) is 1. The van der Waals surface area contributed by atoms with Crippen molar-refractivity contribution in [3.05, 3.63) is 23.8 Å². The van der Waals surface area contributed by atoms with Crippen LogP contribution in [0.4, 0.5) is 5.69 Å². The molecule has 0 atom stereocenters. The summed E-state index contributed by atoms with van der Waals surface area (Å²) in [7, 11) is -3.63. The van der Waals surface area contributed by atoms with E-state index in [4.69, 9.17) is 5.73 Å². The fourth-order valence-corrected chi connectivity index (χ4v) is 5.54. The molecule has 2 fully saturated rings. The van der Waals surface area contributed by atoms with Gasteiger partial charge in [-0.25, -0.2) is 8.42 Å². The molecule has 150 valence electrons. The van der Waals surface area contributed by atoms with E-state index in [1.165, 1.54) is 6.42 Å². The van der Waals surface area contributed by atoms with Gasteiger partial charge in [0.05, 0.1) is 5.69 Å². The molecule has 2 heterocycles. The summed E-state index contributed by atoms with van der Waals surface area (Å²) in [5.74, 6) is -0.291. The van der Waals surface area contributed by atoms with Crippen LogP contribution < -0.4 is 16.0 Å². The smallest absolute Gasteiger partial charge is 0.251 e. The Kier molecular flexibility index (Phi) is 6.73. The first kappa shape index (κ1) is 20.1. The van der Waals surface area contributed by atoms with Crippen molar-refractivity contribution in [3.8, 4) is 0 Å². The predicted octanol–water partition coefficient (Wildman–Crippen LogP) is 1.54. The molecule has 8 heteroatoms. The summed E-state index contributed by atoms with van der Waals surface area (Å²) in [5, 5.41) is 2.72. The highest BCUT2D eigenvalue weighted by atomic mass is 32.2. The molecule has 0 unspecified atom stereocenters. The first-order valence-corrected chi connectivity index (χ1v) is 11.4. The zero-order valence-electron chi connectivity index (χ0n) is 15.8. The molecule has 0 aliphatic carbocycles. The number of carbonyl (C=O) groups is 1. The van der Waals surface area contributed by atoms with Crippen molar-refractivity contribution >= 4 is 21.6 Å². The Morgan fingerprint density at radius 3 is 2.26 bits per heavy atom. The van der Waals surface area contributed by atoms with Crippen molar-refractivity contribution in [1.82, 2.24) is 9.62 Å². The van der Waals surface area contributed by atoms with Crippen LogP contribution in [0.25, 0.3) is 0 Å². The number of carbonyl (C=O) groups excluding carboxylic acids is 1. The minimum absolute atomic E-state index is 0.256. The van der Waals surface area contributed by atoms with Crippen LogP contribution in [-0.2, 0) is 10.0 Å². The minimum Gasteiger partial charge on any atom is -0.370 e. The van der Waals surface area contributed by atoms with Crippen LogP contribution in [0, 0.1) is 0 Å². The van der Waals surface area contributed by atoms with Gasteiger partial charge in [0, 0.05) is 44.8 Å². The molecule has 2 saturated heterocycles. The Morgan fingerprint density at radius 2 is 1.63 bits per heavy atom. The van der Waals surface area contributed by atoms with Crippen LogP contribution in [0.2, 0.25) is 0 Å². The number of amides is 1. The number of hydrogen-bond acceptors (Lipinski definition) is 5. The van der Waals surface area contributed by atoms with Gasteiger partial charge in [-0.15, -0.1) is 0 Å². The normalized spacial score (nSPS) is 19.1. The summed E-state index contributed by atoms with van der Waals surface area (Å²) < 4.78 is 28.3. The number of anilines is 1. The summed E-state index contributed by atoms with van der Waals surface area (Å²) in [6, 6.07) is 5.05. The van der Waals surface area contributed by atoms with E-state index < -0.39 is 10.0 Å². The molecule has 0 spiro atoms. The highest BCUT2D eigenvalue weighted by Gasteiger charge is 2.31. The van der Waals surface area contributed by atoms with Gasteiger partial charge in [0.25, 0.3) is 5.91 Å². The molecule has 2 aliphatic heterocycles. The molecule has 3 rings (SSSR count). The lowest BCUT2D eigenvalue weighted by molar-refractivity contribution is 0.0954. The highest BCUT2D eigenvalue weighted by molar-refractivity contribution is 7.89. The van der Waals surface area contributed by atoms with Gasteiger partial charge in [0.15, 0.2) is 0 Å². The molecule has 0 radical (unpaired) electrons. The maximum atomic E-state index is 13.4. The average Bonchev–Trinajstić information content (AvgIpc) is 2.73. The van der Waals surface area contributed by atoms with Gasteiger partial charge in [-0.1, -0.05) is 6.42 Å². The summed E-state index contributed by atoms with van der Waals surface area (Å²) in [5.41, 5.74) is 6.53. The van der Waals surface area contributed by atoms with Gasteiger partial charge in [0.1, 0.15) is 4.90 Å². The van der Waals surface area contributed by atoms with Gasteiger partial charge in [-0.3, -0.25) is 4.79 Å². The fraction of sp³-hybridized carbons (Fsp3) is 0.632. The maximum absolute atomic E-state index is 13.4. The van der Waals surface area contributed by atoms with E-state index in [0.717, 1.165) is 50.9 Å². The van der Waals surface area contributed by atoms with Gasteiger partial charge in [-0.05, 0) is 50.3 Å². The third-order valence-electron chi connectivity index (χ3n) is 5.28. The lowest BCUT2D eigenvalue weighted by Gasteiger charge is -2.33. The lowest BCUT2D eigenvalue weighted by Crippen LogP contribution is -2.38. The van der Waals surface area contributed by atoms with Crippen molar-refractivity contribution in [2.75, 3.05) is 44.2 Å². The van der Waals surface area contributed by atoms with Crippen LogP contribution in [-0.4, -0.2) is 57.9 Å². The SMILES string of the molecule is NCCNC(=O)c1ccc(N2CCCCC2)c(S(=O)(=O)N2CCCCC2)c1. The van der Waals surface area contributed by atoms with Crippen LogP contribution >= 0.6 is 0 Å². The predicted molar refractivity (Wildman–Crippen MR) is 107 cm³/mol. The standard InChI is InChI=1S/C19H30N4O3S/c20-9-10-21-19(24)16-7-8-17(22-11-3-1-4-12-22)18(15-16)27(25,26)23-13-5-2-6-14-23/h7-8,15H,1-6,9-14,20H2,(H,21,24). The number of nitrogens with one attached hydrogen (secondary N) is 1. The van der Waals surface area contributed by atoms with E-state index >= 15 is 0 Å². The average molecular weight is 395 g/mol. The van der Waals surface area contributed by atoms with E-state index in [-0.39, 0.29) is 10.8 Å². The van der Waals surface area contributed by atoms with E-state index in [2.05, 4.69) is 10.2 Å². The monoisotopic (exact) mass is 394 g/mol. The van der Waals surface area contributed by atoms with Gasteiger partial charge in [0.2, 0.25) is 10.0 Å². The zero-order valence-corrected chi connectivity index (χ0v) is 16.6. The molecule has 27 heavy (non-hydrogen) atoms. The summed E-state index contributed by atoms with van der Waals surface area (Å²) in [6.45, 7) is 3.50. The number of sulfonamides is 1. The zero-order chi connectivity index (χ0) is 19.3. The number of hydrogen-bond donors (Lipinski definition) is 2. The summed E-state index contributed by atoms with van der Waals surface area (Å²) in [6.07, 6.45) is 6.12. The minimum atomic E-state index is -3.63. The van der Waals surface area contributed by atoms with Crippen molar-refractivity contribution < 1.29 is 13.2 Å². The van der Waals surface area contributed by atoms with Gasteiger partial charge < -0.3 is 16.0 Å². The van der Waals surface area contributed by atoms with E-state index in [1.807, 2.05) is 0 Å². The third kappa shape index (κ3) is 4.62. The second kappa shape index (κ2) is 9.03. The van der Waals surface area contributed by atoms with Crippen molar-refractivity contribution in [2.24, 2.45) is 5.73 Å².